The number of ether oxygens (including phenoxy) is 1. The van der Waals surface area contributed by atoms with Crippen LogP contribution in [0.5, 0.6) is 0 Å². The van der Waals surface area contributed by atoms with Crippen LogP contribution < -0.4 is 11.3 Å². The van der Waals surface area contributed by atoms with E-state index in [0.717, 1.165) is 0 Å². The fraction of sp³-hybridized carbons (Fsp3) is 0.182. The van der Waals surface area contributed by atoms with Gasteiger partial charge in [0.15, 0.2) is 6.20 Å². The summed E-state index contributed by atoms with van der Waals surface area (Å²) in [5, 5.41) is -2.79. The molecule has 2 rings (SSSR count). The molecule has 0 aliphatic heterocycles. The van der Waals surface area contributed by atoms with Gasteiger partial charge in [0, 0.05) is 23.0 Å². The van der Waals surface area contributed by atoms with Gasteiger partial charge in [0.2, 0.25) is 16.9 Å². The minimum Gasteiger partial charge on any atom is -0.459 e. The zero-order chi connectivity index (χ0) is 29.6. The number of hydrogen-bond acceptors (Lipinski definition) is 6. The van der Waals surface area contributed by atoms with Crippen LogP contribution in [-0.4, -0.2) is 23.0 Å². The topological polar surface area (TPSA) is 128 Å². The molecule has 0 fully saturated rings. The SMILES string of the molecule is C#CC(=O)OC.O=P(Cl)(Cl)Cl.[C-]#[N+]/C=C(\C)N.[C-]#[N+]c1ccc(=O)[nH]c1C.[C-]#[N+]c1ccc(Cl)nc1C. The maximum absolute atomic E-state index is 10.6. The first-order valence-electron chi connectivity index (χ1n) is 9.16. The van der Waals surface area contributed by atoms with E-state index in [1.54, 1.807) is 38.8 Å². The zero-order valence-electron chi connectivity index (χ0n) is 19.9. The molecule has 37 heavy (non-hydrogen) atoms. The summed E-state index contributed by atoms with van der Waals surface area (Å²) >= 11 is 19.4. The van der Waals surface area contributed by atoms with Crippen molar-refractivity contribution in [2.24, 2.45) is 5.73 Å². The number of nitrogens with zero attached hydrogens (tertiary/aromatic N) is 4. The van der Waals surface area contributed by atoms with Crippen LogP contribution in [0.2, 0.25) is 5.15 Å². The normalized spacial score (nSPS) is 9.03. The molecule has 0 saturated heterocycles. The standard InChI is InChI=1S/C7H5ClN2.C7H6N2O.C4H6N2.C4H4O2.Cl3OP/c1-5-6(9-2)3-4-7(8)10-5;1-5-6(8-2)3-4-7(10)9-5;1-4(5)3-6-2;1-3-4(5)6-2;1-5(2,3)4/h3-4H,1H3;3-4H,1H3,(H,9,10);3H,5H2,1H3;1H,2H3;/b;;4-3+;;. The Balaban J connectivity index is -0.000000404. The molecular formula is C22H21Cl4N6O4P. The highest BCUT2D eigenvalue weighted by atomic mass is 36.0. The van der Waals surface area contributed by atoms with Crippen molar-refractivity contribution in [1.29, 1.82) is 0 Å². The van der Waals surface area contributed by atoms with E-state index in [4.69, 9.17) is 37.1 Å². The van der Waals surface area contributed by atoms with E-state index in [9.17, 15) is 14.2 Å². The third kappa shape index (κ3) is 27.0. The van der Waals surface area contributed by atoms with Gasteiger partial charge in [0.25, 0.3) is 0 Å². The van der Waals surface area contributed by atoms with Crippen LogP contribution in [0.15, 0.2) is 41.0 Å². The minimum atomic E-state index is -3.22. The number of terminal acetylenes is 1. The molecule has 196 valence electrons. The molecule has 15 heteroatoms. The number of methoxy groups -OCH3 is 1. The first kappa shape index (κ1) is 38.1. The lowest BCUT2D eigenvalue weighted by Crippen LogP contribution is -2.03. The lowest BCUT2D eigenvalue weighted by atomic mass is 10.3. The first-order chi connectivity index (χ1) is 17.1. The molecule has 0 aromatic carbocycles. The summed E-state index contributed by atoms with van der Waals surface area (Å²) in [6.07, 6.45) is 5.84. The van der Waals surface area contributed by atoms with Crippen molar-refractivity contribution in [2.75, 3.05) is 7.11 Å². The molecule has 0 bridgehead atoms. The molecule has 0 amide bonds. The third-order valence-corrected chi connectivity index (χ3v) is 3.13. The van der Waals surface area contributed by atoms with Gasteiger partial charge in [-0.1, -0.05) is 17.7 Å². The molecule has 0 aliphatic rings. The number of halogens is 4. The Hall–Kier alpha value is -3.47. The summed E-state index contributed by atoms with van der Waals surface area (Å²) < 4.78 is 13.5. The van der Waals surface area contributed by atoms with E-state index in [2.05, 4.69) is 69.4 Å². The van der Waals surface area contributed by atoms with Crippen LogP contribution in [0.1, 0.15) is 18.3 Å². The van der Waals surface area contributed by atoms with Crippen LogP contribution in [0.25, 0.3) is 14.5 Å². The van der Waals surface area contributed by atoms with E-state index in [0.29, 0.717) is 33.6 Å². The van der Waals surface area contributed by atoms with Gasteiger partial charge in [-0.2, -0.15) is 0 Å². The highest BCUT2D eigenvalue weighted by molar-refractivity contribution is 8.24. The Labute approximate surface area is 234 Å². The smallest absolute Gasteiger partial charge is 0.383 e. The average Bonchev–Trinajstić information content (AvgIpc) is 2.79. The molecule has 0 radical (unpaired) electrons. The minimum absolute atomic E-state index is 0.162. The molecule has 10 nitrogen and oxygen atoms in total. The summed E-state index contributed by atoms with van der Waals surface area (Å²) in [6.45, 7) is 24.7. The molecule has 2 heterocycles. The second-order valence-electron chi connectivity index (χ2n) is 5.83. The highest BCUT2D eigenvalue weighted by Gasteiger charge is 2.03. The molecule has 0 saturated carbocycles. The van der Waals surface area contributed by atoms with Crippen molar-refractivity contribution in [2.45, 2.75) is 20.8 Å². The van der Waals surface area contributed by atoms with E-state index < -0.39 is 11.2 Å². The molecule has 2 aromatic rings. The Kier molecular flexibility index (Phi) is 22.4. The van der Waals surface area contributed by atoms with Crippen LogP contribution in [-0.2, 0) is 14.1 Å². The summed E-state index contributed by atoms with van der Waals surface area (Å²) in [4.78, 5) is 36.1. The predicted molar refractivity (Wildman–Crippen MR) is 149 cm³/mol. The Morgan fingerprint density at radius 2 is 1.65 bits per heavy atom. The maximum atomic E-state index is 10.6. The van der Waals surface area contributed by atoms with Crippen molar-refractivity contribution >= 4 is 67.9 Å². The summed E-state index contributed by atoms with van der Waals surface area (Å²) in [5.74, 6) is 1.12. The van der Waals surface area contributed by atoms with Gasteiger partial charge in [-0.3, -0.25) is 14.3 Å². The third-order valence-electron chi connectivity index (χ3n) is 2.92. The lowest BCUT2D eigenvalue weighted by Gasteiger charge is -1.94. The van der Waals surface area contributed by atoms with Crippen molar-refractivity contribution in [3.05, 3.63) is 97.3 Å². The van der Waals surface area contributed by atoms with Gasteiger partial charge in [0.1, 0.15) is 5.15 Å². The van der Waals surface area contributed by atoms with Crippen LogP contribution in [0.3, 0.4) is 0 Å². The summed E-state index contributed by atoms with van der Waals surface area (Å²) in [6, 6.07) is 6.14. The number of allylic oxidation sites excluding steroid dienone is 1. The quantitative estimate of drug-likeness (QED) is 0.0819. The largest absolute Gasteiger partial charge is 0.459 e. The van der Waals surface area contributed by atoms with Crippen molar-refractivity contribution in [3.63, 3.8) is 0 Å². The van der Waals surface area contributed by atoms with E-state index in [-0.39, 0.29) is 5.56 Å². The number of carbonyl (C=O) groups is 1. The monoisotopic (exact) mass is 604 g/mol. The lowest BCUT2D eigenvalue weighted by molar-refractivity contribution is -0.133. The van der Waals surface area contributed by atoms with Gasteiger partial charge >= 0.3 is 11.2 Å². The number of H-pyrrole nitrogens is 1. The number of nitrogens with one attached hydrogen (secondary N) is 1. The molecular weight excluding hydrogens is 585 g/mol. The number of aromatic amines is 1. The number of hydrogen-bond donors (Lipinski definition) is 2. The van der Waals surface area contributed by atoms with Crippen molar-refractivity contribution < 1.29 is 14.1 Å². The molecule has 0 atom stereocenters. The second-order valence-corrected chi connectivity index (χ2v) is 12.9. The number of pyridine rings is 2. The average molecular weight is 606 g/mol. The van der Waals surface area contributed by atoms with Crippen molar-refractivity contribution in [1.82, 2.24) is 9.97 Å². The Morgan fingerprint density at radius 3 is 1.92 bits per heavy atom. The maximum Gasteiger partial charge on any atom is 0.383 e. The van der Waals surface area contributed by atoms with Crippen molar-refractivity contribution in [3.8, 4) is 12.3 Å². The highest BCUT2D eigenvalue weighted by Crippen LogP contribution is 2.61. The Bertz CT molecular complexity index is 1320. The van der Waals surface area contributed by atoms with E-state index in [1.165, 1.54) is 25.4 Å². The molecule has 0 spiro atoms. The van der Waals surface area contributed by atoms with E-state index >= 15 is 0 Å². The predicted octanol–water partition coefficient (Wildman–Crippen LogP) is 7.16. The first-order valence-corrected chi connectivity index (χ1v) is 14.0. The molecule has 0 aliphatic carbocycles. The van der Waals surface area contributed by atoms with Crippen LogP contribution >= 0.6 is 50.5 Å². The number of carbonyl (C=O) groups excluding carboxylic acids is 1. The van der Waals surface area contributed by atoms with Gasteiger partial charge < -0.3 is 15.5 Å². The molecule has 0 unspecified atom stereocenters. The number of nitrogens with two attached hydrogens (primary N) is 1. The summed E-state index contributed by atoms with van der Waals surface area (Å²) in [5.41, 5.74) is 7.82. The fourth-order valence-electron chi connectivity index (χ4n) is 1.49. The number of aryl methyl sites for hydroxylation is 2. The van der Waals surface area contributed by atoms with Gasteiger partial charge in [-0.15, -0.1) is 6.42 Å². The molecule has 2 aromatic heterocycles. The van der Waals surface area contributed by atoms with Gasteiger partial charge in [-0.05, 0) is 72.7 Å². The van der Waals surface area contributed by atoms with Crippen LogP contribution in [0, 0.1) is 45.9 Å². The zero-order valence-corrected chi connectivity index (χ0v) is 23.8. The summed E-state index contributed by atoms with van der Waals surface area (Å²) in [7, 11) is 1.24. The number of rotatable bonds is 0. The van der Waals surface area contributed by atoms with Crippen LogP contribution in [0.4, 0.5) is 11.4 Å². The van der Waals surface area contributed by atoms with Gasteiger partial charge in [-0.25, -0.2) is 19.3 Å². The van der Waals surface area contributed by atoms with E-state index in [1.807, 2.05) is 0 Å². The number of aromatic nitrogens is 2. The number of esters is 1. The van der Waals surface area contributed by atoms with Gasteiger partial charge in [0.05, 0.1) is 26.8 Å². The fourth-order valence-corrected chi connectivity index (χ4v) is 1.68. The Morgan fingerprint density at radius 1 is 1.16 bits per heavy atom. The molecule has 3 N–H and O–H groups in total. The second kappa shape index (κ2) is 21.8.